The van der Waals surface area contributed by atoms with Crippen LogP contribution in [-0.2, 0) is 0 Å². The number of hydrogen-bond acceptors (Lipinski definition) is 1. The summed E-state index contributed by atoms with van der Waals surface area (Å²) in [5, 5.41) is 2.47. The summed E-state index contributed by atoms with van der Waals surface area (Å²) < 4.78 is 0.977. The average Bonchev–Trinajstić information content (AvgIpc) is 2.50. The van der Waals surface area contributed by atoms with Crippen LogP contribution in [0.3, 0.4) is 0 Å². The molecule has 0 aliphatic heterocycles. The maximum Gasteiger partial charge on any atom is 0.195 e. The molecule has 3 aromatic carbocycles. The first-order valence-corrected chi connectivity index (χ1v) is 7.74. The molecule has 0 amide bonds. The zero-order valence-electron chi connectivity index (χ0n) is 11.4. The normalized spacial score (nSPS) is 10.8. The van der Waals surface area contributed by atoms with Crippen molar-refractivity contribution in [1.82, 2.24) is 0 Å². The Morgan fingerprint density at radius 2 is 1.62 bits per heavy atom. The van der Waals surface area contributed by atoms with Gasteiger partial charge in [-0.3, -0.25) is 4.79 Å². The van der Waals surface area contributed by atoms with Crippen molar-refractivity contribution in [3.05, 3.63) is 80.8 Å². The molecule has 0 N–H and O–H groups in total. The van der Waals surface area contributed by atoms with Gasteiger partial charge in [-0.05, 0) is 41.5 Å². The molecule has 0 spiro atoms. The van der Waals surface area contributed by atoms with Crippen molar-refractivity contribution in [3.63, 3.8) is 0 Å². The molecule has 0 aliphatic carbocycles. The molecule has 0 radical (unpaired) electrons. The first-order valence-electron chi connectivity index (χ1n) is 6.56. The van der Waals surface area contributed by atoms with E-state index in [-0.39, 0.29) is 5.78 Å². The second kappa shape index (κ2) is 5.63. The lowest BCUT2D eigenvalue weighted by atomic mass is 9.96. The Morgan fingerprint density at radius 3 is 2.38 bits per heavy atom. The third-order valence-electron chi connectivity index (χ3n) is 3.55. The van der Waals surface area contributed by atoms with E-state index >= 15 is 0 Å². The number of hydrogen-bond donors (Lipinski definition) is 0. The van der Waals surface area contributed by atoms with Crippen LogP contribution >= 0.6 is 27.5 Å². The molecule has 0 fully saturated rings. The Hall–Kier alpha value is -1.64. The van der Waals surface area contributed by atoms with Crippen LogP contribution in [-0.4, -0.2) is 5.78 Å². The van der Waals surface area contributed by atoms with Gasteiger partial charge in [0.1, 0.15) is 0 Å². The molecule has 1 nitrogen and oxygen atoms in total. The average molecular weight is 360 g/mol. The number of carbonyl (C=O) groups excluding carboxylic acids is 1. The molecule has 3 rings (SSSR count). The number of fused-ring (bicyclic) bond motifs is 1. The molecule has 21 heavy (non-hydrogen) atoms. The van der Waals surface area contributed by atoms with E-state index in [4.69, 9.17) is 11.6 Å². The van der Waals surface area contributed by atoms with Gasteiger partial charge in [0.25, 0.3) is 0 Å². The minimum Gasteiger partial charge on any atom is -0.289 e. The van der Waals surface area contributed by atoms with Gasteiger partial charge < -0.3 is 0 Å². The maximum absolute atomic E-state index is 12.8. The Balaban J connectivity index is 2.23. The summed E-state index contributed by atoms with van der Waals surface area (Å²) >= 11 is 9.82. The summed E-state index contributed by atoms with van der Waals surface area (Å²) in [6.45, 7) is 1.90. The van der Waals surface area contributed by atoms with Crippen LogP contribution in [0.15, 0.2) is 59.1 Å². The Kier molecular flexibility index (Phi) is 3.83. The fourth-order valence-corrected chi connectivity index (χ4v) is 3.12. The largest absolute Gasteiger partial charge is 0.289 e. The van der Waals surface area contributed by atoms with Gasteiger partial charge in [-0.15, -0.1) is 0 Å². The Labute approximate surface area is 136 Å². The minimum atomic E-state index is -0.0487. The molecule has 3 aromatic rings. The van der Waals surface area contributed by atoms with Crippen LogP contribution in [0.5, 0.6) is 0 Å². The standard InChI is InChI=1S/C18H12BrClO/c1-11-5-4-8-15(17(11)20)18(21)14-9-10-16(19)13-7-3-2-6-12(13)14/h2-10H,1H3. The number of rotatable bonds is 2. The highest BCUT2D eigenvalue weighted by Crippen LogP contribution is 2.30. The van der Waals surface area contributed by atoms with Crippen LogP contribution in [0.1, 0.15) is 21.5 Å². The fourth-order valence-electron chi connectivity index (χ4n) is 2.43. The number of benzene rings is 3. The SMILES string of the molecule is Cc1cccc(C(=O)c2ccc(Br)c3ccccc23)c1Cl. The van der Waals surface area contributed by atoms with Crippen molar-refractivity contribution in [1.29, 1.82) is 0 Å². The zero-order valence-corrected chi connectivity index (χ0v) is 13.7. The van der Waals surface area contributed by atoms with Crippen LogP contribution < -0.4 is 0 Å². The van der Waals surface area contributed by atoms with Crippen LogP contribution in [0.4, 0.5) is 0 Å². The third kappa shape index (κ3) is 2.50. The lowest BCUT2D eigenvalue weighted by molar-refractivity contribution is 0.104. The fraction of sp³-hybridized carbons (Fsp3) is 0.0556. The lowest BCUT2D eigenvalue weighted by Crippen LogP contribution is -2.04. The zero-order chi connectivity index (χ0) is 15.0. The van der Waals surface area contributed by atoms with Gasteiger partial charge in [-0.2, -0.15) is 0 Å². The van der Waals surface area contributed by atoms with Crippen molar-refractivity contribution in [2.45, 2.75) is 6.92 Å². The predicted molar refractivity (Wildman–Crippen MR) is 91.3 cm³/mol. The van der Waals surface area contributed by atoms with Gasteiger partial charge in [-0.1, -0.05) is 63.9 Å². The van der Waals surface area contributed by atoms with Crippen LogP contribution in [0.25, 0.3) is 10.8 Å². The van der Waals surface area contributed by atoms with Gasteiger partial charge in [0, 0.05) is 15.6 Å². The summed E-state index contributed by atoms with van der Waals surface area (Å²) in [7, 11) is 0. The molecule has 0 aliphatic rings. The highest BCUT2D eigenvalue weighted by atomic mass is 79.9. The summed E-state index contributed by atoms with van der Waals surface area (Å²) in [5.41, 5.74) is 2.12. The Morgan fingerprint density at radius 1 is 0.905 bits per heavy atom. The van der Waals surface area contributed by atoms with Gasteiger partial charge >= 0.3 is 0 Å². The third-order valence-corrected chi connectivity index (χ3v) is 4.75. The van der Waals surface area contributed by atoms with Gasteiger partial charge in [0.15, 0.2) is 5.78 Å². The van der Waals surface area contributed by atoms with E-state index in [2.05, 4.69) is 15.9 Å². The molecule has 0 atom stereocenters. The van der Waals surface area contributed by atoms with Crippen LogP contribution in [0, 0.1) is 6.92 Å². The number of aryl methyl sites for hydroxylation is 1. The Bertz CT molecular complexity index is 855. The smallest absolute Gasteiger partial charge is 0.195 e. The molecular formula is C18H12BrClO. The summed E-state index contributed by atoms with van der Waals surface area (Å²) in [6, 6.07) is 17.1. The first-order chi connectivity index (χ1) is 10.1. The van der Waals surface area contributed by atoms with Crippen molar-refractivity contribution >= 4 is 44.1 Å². The van der Waals surface area contributed by atoms with E-state index in [0.29, 0.717) is 16.1 Å². The first kappa shape index (κ1) is 14.3. The second-order valence-electron chi connectivity index (χ2n) is 4.91. The van der Waals surface area contributed by atoms with Gasteiger partial charge in [-0.25, -0.2) is 0 Å². The molecule has 0 saturated carbocycles. The predicted octanol–water partition coefficient (Wildman–Crippen LogP) is 5.80. The van der Waals surface area contributed by atoms with Gasteiger partial charge in [0.2, 0.25) is 0 Å². The number of ketones is 1. The quantitative estimate of drug-likeness (QED) is 0.529. The van der Waals surface area contributed by atoms with Crippen molar-refractivity contribution in [2.75, 3.05) is 0 Å². The van der Waals surface area contributed by atoms with E-state index < -0.39 is 0 Å². The maximum atomic E-state index is 12.8. The van der Waals surface area contributed by atoms with E-state index in [1.165, 1.54) is 0 Å². The molecular weight excluding hydrogens is 348 g/mol. The number of halogens is 2. The second-order valence-corrected chi connectivity index (χ2v) is 6.14. The molecule has 0 bridgehead atoms. The highest BCUT2D eigenvalue weighted by molar-refractivity contribution is 9.10. The molecule has 0 saturated heterocycles. The van der Waals surface area contributed by atoms with E-state index in [0.717, 1.165) is 20.8 Å². The summed E-state index contributed by atoms with van der Waals surface area (Å²) in [5.74, 6) is -0.0487. The van der Waals surface area contributed by atoms with Crippen LogP contribution in [0.2, 0.25) is 5.02 Å². The van der Waals surface area contributed by atoms with E-state index in [1.54, 1.807) is 6.07 Å². The van der Waals surface area contributed by atoms with Crippen molar-refractivity contribution < 1.29 is 4.79 Å². The van der Waals surface area contributed by atoms with Crippen molar-refractivity contribution in [3.8, 4) is 0 Å². The minimum absolute atomic E-state index is 0.0487. The number of carbonyl (C=O) groups is 1. The molecule has 3 heteroatoms. The van der Waals surface area contributed by atoms with E-state index in [9.17, 15) is 4.79 Å². The summed E-state index contributed by atoms with van der Waals surface area (Å²) in [6.07, 6.45) is 0. The molecule has 0 unspecified atom stereocenters. The van der Waals surface area contributed by atoms with Crippen molar-refractivity contribution in [2.24, 2.45) is 0 Å². The summed E-state index contributed by atoms with van der Waals surface area (Å²) in [4.78, 5) is 12.8. The highest BCUT2D eigenvalue weighted by Gasteiger charge is 2.17. The lowest BCUT2D eigenvalue weighted by Gasteiger charge is -2.10. The monoisotopic (exact) mass is 358 g/mol. The molecule has 104 valence electrons. The molecule has 0 heterocycles. The van der Waals surface area contributed by atoms with E-state index in [1.807, 2.05) is 55.5 Å². The van der Waals surface area contributed by atoms with Gasteiger partial charge in [0.05, 0.1) is 5.02 Å². The molecule has 0 aromatic heterocycles. The topological polar surface area (TPSA) is 17.1 Å².